The van der Waals surface area contributed by atoms with Gasteiger partial charge in [0.05, 0.1) is 12.1 Å². The van der Waals surface area contributed by atoms with Crippen LogP contribution in [-0.4, -0.2) is 25.0 Å². The third kappa shape index (κ3) is 3.95. The number of rotatable bonds is 5. The molecule has 0 radical (unpaired) electrons. The molecule has 0 atom stereocenters. The second kappa shape index (κ2) is 7.89. The molecule has 2 aromatic carbocycles. The quantitative estimate of drug-likeness (QED) is 0.706. The van der Waals surface area contributed by atoms with Crippen molar-refractivity contribution < 1.29 is 9.53 Å². The van der Waals surface area contributed by atoms with Gasteiger partial charge < -0.3 is 15.0 Å². The van der Waals surface area contributed by atoms with Gasteiger partial charge in [0, 0.05) is 30.2 Å². The van der Waals surface area contributed by atoms with Crippen molar-refractivity contribution in [2.45, 2.75) is 0 Å². The van der Waals surface area contributed by atoms with Gasteiger partial charge in [-0.2, -0.15) is 0 Å². The predicted octanol–water partition coefficient (Wildman–Crippen LogP) is 4.76. The maximum atomic E-state index is 12.6. The van der Waals surface area contributed by atoms with E-state index in [9.17, 15) is 4.79 Å². The minimum atomic E-state index is -0.239. The molecule has 0 saturated heterocycles. The van der Waals surface area contributed by atoms with Crippen molar-refractivity contribution in [3.05, 3.63) is 77.4 Å². The number of anilines is 3. The molecule has 0 unspecified atom stereocenters. The molecule has 1 heterocycles. The van der Waals surface area contributed by atoms with Gasteiger partial charge in [0.15, 0.2) is 0 Å². The standard InChI is InChI=1S/C20H18ClN3O2/c1-24(16-6-4-3-5-7-16)19-12-14(10-11-22-19)20(25)23-15-8-9-18(26-2)17(21)13-15/h3-13H,1-2H3,(H,23,25). The van der Waals surface area contributed by atoms with Crippen LogP contribution in [0.1, 0.15) is 10.4 Å². The van der Waals surface area contributed by atoms with Crippen molar-refractivity contribution in [3.8, 4) is 5.75 Å². The lowest BCUT2D eigenvalue weighted by Gasteiger charge is -2.18. The van der Waals surface area contributed by atoms with E-state index in [1.54, 1.807) is 43.6 Å². The highest BCUT2D eigenvalue weighted by atomic mass is 35.5. The average Bonchev–Trinajstić information content (AvgIpc) is 2.68. The average molecular weight is 368 g/mol. The first-order valence-electron chi connectivity index (χ1n) is 7.98. The molecular formula is C20H18ClN3O2. The predicted molar refractivity (Wildman–Crippen MR) is 105 cm³/mol. The molecule has 0 saturated carbocycles. The number of hydrogen-bond donors (Lipinski definition) is 1. The summed E-state index contributed by atoms with van der Waals surface area (Å²) in [4.78, 5) is 18.8. The highest BCUT2D eigenvalue weighted by Crippen LogP contribution is 2.27. The van der Waals surface area contributed by atoms with Gasteiger partial charge >= 0.3 is 0 Å². The van der Waals surface area contributed by atoms with Crippen LogP contribution < -0.4 is 15.0 Å². The number of aromatic nitrogens is 1. The molecule has 0 fully saturated rings. The smallest absolute Gasteiger partial charge is 0.255 e. The third-order valence-electron chi connectivity index (χ3n) is 3.90. The van der Waals surface area contributed by atoms with Gasteiger partial charge in [0.1, 0.15) is 11.6 Å². The van der Waals surface area contributed by atoms with Crippen molar-refractivity contribution in [3.63, 3.8) is 0 Å². The molecule has 0 aliphatic heterocycles. The van der Waals surface area contributed by atoms with E-state index in [1.807, 2.05) is 42.3 Å². The Morgan fingerprint density at radius 3 is 2.58 bits per heavy atom. The number of methoxy groups -OCH3 is 1. The van der Waals surface area contributed by atoms with Crippen LogP contribution in [0.15, 0.2) is 66.9 Å². The highest BCUT2D eigenvalue weighted by molar-refractivity contribution is 6.32. The van der Waals surface area contributed by atoms with Crippen LogP contribution >= 0.6 is 11.6 Å². The van der Waals surface area contributed by atoms with Gasteiger partial charge in [-0.05, 0) is 42.5 Å². The lowest BCUT2D eigenvalue weighted by atomic mass is 10.2. The fourth-order valence-corrected chi connectivity index (χ4v) is 2.73. The molecule has 1 N–H and O–H groups in total. The Hall–Kier alpha value is -3.05. The van der Waals surface area contributed by atoms with Crippen LogP contribution in [0, 0.1) is 0 Å². The van der Waals surface area contributed by atoms with Crippen LogP contribution in [-0.2, 0) is 0 Å². The summed E-state index contributed by atoms with van der Waals surface area (Å²) in [6.07, 6.45) is 1.62. The molecular weight excluding hydrogens is 350 g/mol. The second-order valence-electron chi connectivity index (χ2n) is 5.60. The topological polar surface area (TPSA) is 54.5 Å². The first-order chi connectivity index (χ1) is 12.6. The molecule has 0 aliphatic rings. The molecule has 3 rings (SSSR count). The van der Waals surface area contributed by atoms with Crippen molar-refractivity contribution in [2.75, 3.05) is 24.4 Å². The minimum Gasteiger partial charge on any atom is -0.495 e. The third-order valence-corrected chi connectivity index (χ3v) is 4.20. The van der Waals surface area contributed by atoms with E-state index in [2.05, 4.69) is 10.3 Å². The van der Waals surface area contributed by atoms with E-state index in [4.69, 9.17) is 16.3 Å². The molecule has 0 bridgehead atoms. The van der Waals surface area contributed by atoms with Crippen molar-refractivity contribution in [2.24, 2.45) is 0 Å². The normalized spacial score (nSPS) is 10.3. The summed E-state index contributed by atoms with van der Waals surface area (Å²) in [6.45, 7) is 0. The minimum absolute atomic E-state index is 0.239. The number of halogens is 1. The van der Waals surface area contributed by atoms with E-state index in [1.165, 1.54) is 0 Å². The number of carbonyl (C=O) groups is 1. The van der Waals surface area contributed by atoms with E-state index in [0.717, 1.165) is 5.69 Å². The maximum Gasteiger partial charge on any atom is 0.255 e. The molecule has 132 valence electrons. The van der Waals surface area contributed by atoms with Crippen LogP contribution in [0.25, 0.3) is 0 Å². The number of para-hydroxylation sites is 1. The Bertz CT molecular complexity index is 916. The fraction of sp³-hybridized carbons (Fsp3) is 0.100. The molecule has 26 heavy (non-hydrogen) atoms. The second-order valence-corrected chi connectivity index (χ2v) is 6.01. The lowest BCUT2D eigenvalue weighted by molar-refractivity contribution is 0.102. The van der Waals surface area contributed by atoms with Gasteiger partial charge in [-0.3, -0.25) is 4.79 Å². The zero-order valence-electron chi connectivity index (χ0n) is 14.4. The summed E-state index contributed by atoms with van der Waals surface area (Å²) in [7, 11) is 3.45. The van der Waals surface area contributed by atoms with Crippen LogP contribution in [0.3, 0.4) is 0 Å². The Balaban J connectivity index is 1.79. The molecule has 0 spiro atoms. The summed E-state index contributed by atoms with van der Waals surface area (Å²) in [6, 6.07) is 18.3. The molecule has 0 aliphatic carbocycles. The molecule has 6 heteroatoms. The lowest BCUT2D eigenvalue weighted by Crippen LogP contribution is -2.15. The molecule has 5 nitrogen and oxygen atoms in total. The number of benzene rings is 2. The van der Waals surface area contributed by atoms with Crippen molar-refractivity contribution in [1.29, 1.82) is 0 Å². The summed E-state index contributed by atoms with van der Waals surface area (Å²) < 4.78 is 5.12. The zero-order valence-corrected chi connectivity index (χ0v) is 15.2. The largest absolute Gasteiger partial charge is 0.495 e. The zero-order chi connectivity index (χ0) is 18.5. The number of carbonyl (C=O) groups excluding carboxylic acids is 1. The SMILES string of the molecule is COc1ccc(NC(=O)c2ccnc(N(C)c3ccccc3)c2)cc1Cl. The van der Waals surface area contributed by atoms with Crippen LogP contribution in [0.4, 0.5) is 17.2 Å². The Labute approximate surface area is 157 Å². The van der Waals surface area contributed by atoms with Crippen LogP contribution in [0.2, 0.25) is 5.02 Å². The van der Waals surface area contributed by atoms with Crippen molar-refractivity contribution >= 4 is 34.7 Å². The van der Waals surface area contributed by atoms with Crippen molar-refractivity contribution in [1.82, 2.24) is 4.98 Å². The molecule has 1 amide bonds. The maximum absolute atomic E-state index is 12.6. The number of hydrogen-bond acceptors (Lipinski definition) is 4. The summed E-state index contributed by atoms with van der Waals surface area (Å²) >= 11 is 6.10. The number of amides is 1. The van der Waals surface area contributed by atoms with Gasteiger partial charge in [-0.1, -0.05) is 29.8 Å². The Morgan fingerprint density at radius 1 is 1.12 bits per heavy atom. The first-order valence-corrected chi connectivity index (χ1v) is 8.36. The van der Waals surface area contributed by atoms with E-state index >= 15 is 0 Å². The van der Waals surface area contributed by atoms with E-state index < -0.39 is 0 Å². The Kier molecular flexibility index (Phi) is 5.39. The number of pyridine rings is 1. The molecule has 1 aromatic heterocycles. The number of ether oxygens (including phenoxy) is 1. The van der Waals surface area contributed by atoms with Gasteiger partial charge in [-0.25, -0.2) is 4.98 Å². The Morgan fingerprint density at radius 2 is 1.88 bits per heavy atom. The van der Waals surface area contributed by atoms with Gasteiger partial charge in [0.25, 0.3) is 5.91 Å². The summed E-state index contributed by atoms with van der Waals surface area (Å²) in [5, 5.41) is 3.27. The van der Waals surface area contributed by atoms with E-state index in [-0.39, 0.29) is 5.91 Å². The summed E-state index contributed by atoms with van der Waals surface area (Å²) in [5.74, 6) is 0.994. The van der Waals surface area contributed by atoms with Crippen LogP contribution in [0.5, 0.6) is 5.75 Å². The fourth-order valence-electron chi connectivity index (χ4n) is 2.47. The monoisotopic (exact) mass is 367 g/mol. The van der Waals surface area contributed by atoms with Gasteiger partial charge in [0.2, 0.25) is 0 Å². The number of nitrogens with zero attached hydrogens (tertiary/aromatic N) is 2. The summed E-state index contributed by atoms with van der Waals surface area (Å²) in [5.41, 5.74) is 2.08. The van der Waals surface area contributed by atoms with Gasteiger partial charge in [-0.15, -0.1) is 0 Å². The molecule has 3 aromatic rings. The highest BCUT2D eigenvalue weighted by Gasteiger charge is 2.11. The first kappa shape index (κ1) is 17.8. The van der Waals surface area contributed by atoms with E-state index in [0.29, 0.717) is 27.8 Å². The number of nitrogens with one attached hydrogen (secondary N) is 1.